The number of rotatable bonds is 7. The average molecular weight is 239 g/mol. The molecule has 1 aromatic rings. The Morgan fingerprint density at radius 1 is 1.47 bits per heavy atom. The quantitative estimate of drug-likeness (QED) is 0.793. The van der Waals surface area contributed by atoms with Gasteiger partial charge < -0.3 is 10.5 Å². The standard InChI is InChI=1S/C13H25N3O/c1-5-6-13(17-4)12(14)9-11-7-8-16(15-11)10(2)3/h7-8,10,12-13H,5-6,9,14H2,1-4H3. The minimum atomic E-state index is 0.0236. The maximum Gasteiger partial charge on any atom is 0.0725 e. The van der Waals surface area contributed by atoms with Gasteiger partial charge in [-0.2, -0.15) is 5.10 Å². The Kier molecular flexibility index (Phi) is 5.65. The van der Waals surface area contributed by atoms with Crippen LogP contribution in [-0.2, 0) is 11.2 Å². The molecule has 0 spiro atoms. The van der Waals surface area contributed by atoms with Gasteiger partial charge in [-0.15, -0.1) is 0 Å². The summed E-state index contributed by atoms with van der Waals surface area (Å²) in [4.78, 5) is 0. The summed E-state index contributed by atoms with van der Waals surface area (Å²) in [5, 5.41) is 4.51. The van der Waals surface area contributed by atoms with Gasteiger partial charge in [0.15, 0.2) is 0 Å². The van der Waals surface area contributed by atoms with Crippen LogP contribution in [0.3, 0.4) is 0 Å². The molecule has 17 heavy (non-hydrogen) atoms. The van der Waals surface area contributed by atoms with Crippen molar-refractivity contribution in [2.24, 2.45) is 5.73 Å². The van der Waals surface area contributed by atoms with Crippen LogP contribution < -0.4 is 5.73 Å². The first-order valence-corrected chi connectivity index (χ1v) is 6.40. The molecular formula is C13H25N3O. The van der Waals surface area contributed by atoms with Gasteiger partial charge in [-0.1, -0.05) is 13.3 Å². The maximum atomic E-state index is 6.16. The van der Waals surface area contributed by atoms with E-state index in [9.17, 15) is 0 Å². The molecule has 2 atom stereocenters. The van der Waals surface area contributed by atoms with Gasteiger partial charge in [0.25, 0.3) is 0 Å². The van der Waals surface area contributed by atoms with Gasteiger partial charge in [0.2, 0.25) is 0 Å². The second-order valence-electron chi connectivity index (χ2n) is 4.81. The van der Waals surface area contributed by atoms with Crippen LogP contribution in [0.15, 0.2) is 12.3 Å². The van der Waals surface area contributed by atoms with E-state index in [-0.39, 0.29) is 12.1 Å². The molecule has 0 bridgehead atoms. The number of methoxy groups -OCH3 is 1. The van der Waals surface area contributed by atoms with Crippen molar-refractivity contribution in [2.75, 3.05) is 7.11 Å². The van der Waals surface area contributed by atoms with Gasteiger partial charge in [0.05, 0.1) is 11.8 Å². The Bertz CT molecular complexity index is 322. The van der Waals surface area contributed by atoms with Gasteiger partial charge in [-0.05, 0) is 26.3 Å². The molecule has 2 N–H and O–H groups in total. The van der Waals surface area contributed by atoms with Crippen molar-refractivity contribution in [3.05, 3.63) is 18.0 Å². The molecule has 98 valence electrons. The number of nitrogens with zero attached hydrogens (tertiary/aromatic N) is 2. The molecule has 0 saturated carbocycles. The van der Waals surface area contributed by atoms with E-state index >= 15 is 0 Å². The van der Waals surface area contributed by atoms with E-state index in [1.165, 1.54) is 0 Å². The molecule has 0 radical (unpaired) electrons. The normalized spacial score (nSPS) is 15.2. The van der Waals surface area contributed by atoms with Crippen LogP contribution in [-0.4, -0.2) is 29.0 Å². The lowest BCUT2D eigenvalue weighted by molar-refractivity contribution is 0.0723. The highest BCUT2D eigenvalue weighted by atomic mass is 16.5. The predicted molar refractivity (Wildman–Crippen MR) is 70.0 cm³/mol. The molecule has 0 aliphatic heterocycles. The van der Waals surface area contributed by atoms with E-state index in [1.807, 2.05) is 16.9 Å². The third-order valence-corrected chi connectivity index (χ3v) is 2.99. The molecule has 0 fully saturated rings. The van der Waals surface area contributed by atoms with Crippen molar-refractivity contribution >= 4 is 0 Å². The van der Waals surface area contributed by atoms with Crippen LogP contribution in [0.2, 0.25) is 0 Å². The van der Waals surface area contributed by atoms with Gasteiger partial charge in [-0.25, -0.2) is 0 Å². The molecule has 0 aromatic carbocycles. The van der Waals surface area contributed by atoms with Gasteiger partial charge in [-0.3, -0.25) is 4.68 Å². The fourth-order valence-electron chi connectivity index (χ4n) is 1.94. The number of nitrogens with two attached hydrogens (primary N) is 1. The predicted octanol–water partition coefficient (Wildman–Crippen LogP) is 2.15. The van der Waals surface area contributed by atoms with Crippen molar-refractivity contribution < 1.29 is 4.74 Å². The molecule has 0 saturated heterocycles. The molecule has 1 heterocycles. The summed E-state index contributed by atoms with van der Waals surface area (Å²) < 4.78 is 7.38. The van der Waals surface area contributed by atoms with Crippen molar-refractivity contribution in [3.63, 3.8) is 0 Å². The Morgan fingerprint density at radius 3 is 2.65 bits per heavy atom. The average Bonchev–Trinajstić information content (AvgIpc) is 2.74. The smallest absolute Gasteiger partial charge is 0.0725 e. The van der Waals surface area contributed by atoms with Crippen molar-refractivity contribution in [3.8, 4) is 0 Å². The zero-order valence-electron chi connectivity index (χ0n) is 11.4. The summed E-state index contributed by atoms with van der Waals surface area (Å²) in [6, 6.07) is 2.46. The topological polar surface area (TPSA) is 53.1 Å². The summed E-state index contributed by atoms with van der Waals surface area (Å²) in [6.07, 6.45) is 5.01. The summed E-state index contributed by atoms with van der Waals surface area (Å²) in [7, 11) is 1.73. The monoisotopic (exact) mass is 239 g/mol. The number of aromatic nitrogens is 2. The molecule has 4 nitrogen and oxygen atoms in total. The van der Waals surface area contributed by atoms with E-state index in [0.717, 1.165) is 25.0 Å². The van der Waals surface area contributed by atoms with Crippen LogP contribution in [0.25, 0.3) is 0 Å². The van der Waals surface area contributed by atoms with E-state index in [4.69, 9.17) is 10.5 Å². The minimum absolute atomic E-state index is 0.0236. The van der Waals surface area contributed by atoms with Crippen LogP contribution in [0.4, 0.5) is 0 Å². The molecular weight excluding hydrogens is 214 g/mol. The zero-order chi connectivity index (χ0) is 12.8. The molecule has 0 aliphatic rings. The molecule has 0 aliphatic carbocycles. The fourth-order valence-corrected chi connectivity index (χ4v) is 1.94. The summed E-state index contributed by atoms with van der Waals surface area (Å²) in [5.41, 5.74) is 7.20. The largest absolute Gasteiger partial charge is 0.380 e. The van der Waals surface area contributed by atoms with E-state index in [2.05, 4.69) is 25.9 Å². The van der Waals surface area contributed by atoms with E-state index in [0.29, 0.717) is 6.04 Å². The van der Waals surface area contributed by atoms with Crippen molar-refractivity contribution in [1.82, 2.24) is 9.78 Å². The van der Waals surface area contributed by atoms with Crippen LogP contribution >= 0.6 is 0 Å². The maximum absolute atomic E-state index is 6.16. The zero-order valence-corrected chi connectivity index (χ0v) is 11.4. The Balaban J connectivity index is 2.56. The van der Waals surface area contributed by atoms with Crippen LogP contribution in [0.1, 0.15) is 45.3 Å². The minimum Gasteiger partial charge on any atom is -0.380 e. The van der Waals surface area contributed by atoms with Crippen LogP contribution in [0.5, 0.6) is 0 Å². The Morgan fingerprint density at radius 2 is 2.18 bits per heavy atom. The summed E-state index contributed by atoms with van der Waals surface area (Å²) in [6.45, 7) is 6.38. The van der Waals surface area contributed by atoms with Crippen LogP contribution in [0, 0.1) is 0 Å². The second kappa shape index (κ2) is 6.77. The van der Waals surface area contributed by atoms with Gasteiger partial charge in [0.1, 0.15) is 0 Å². The lowest BCUT2D eigenvalue weighted by Gasteiger charge is -2.21. The second-order valence-corrected chi connectivity index (χ2v) is 4.81. The molecule has 2 unspecified atom stereocenters. The first kappa shape index (κ1) is 14.2. The lowest BCUT2D eigenvalue weighted by Crippen LogP contribution is -2.38. The highest BCUT2D eigenvalue weighted by Crippen LogP contribution is 2.11. The first-order chi connectivity index (χ1) is 8.08. The number of hydrogen-bond donors (Lipinski definition) is 1. The summed E-state index contributed by atoms with van der Waals surface area (Å²) >= 11 is 0. The Hall–Kier alpha value is -0.870. The fraction of sp³-hybridized carbons (Fsp3) is 0.769. The van der Waals surface area contributed by atoms with Crippen molar-refractivity contribution in [1.29, 1.82) is 0 Å². The van der Waals surface area contributed by atoms with E-state index in [1.54, 1.807) is 7.11 Å². The van der Waals surface area contributed by atoms with Gasteiger partial charge in [0, 0.05) is 31.8 Å². The summed E-state index contributed by atoms with van der Waals surface area (Å²) in [5.74, 6) is 0. The number of hydrogen-bond acceptors (Lipinski definition) is 3. The first-order valence-electron chi connectivity index (χ1n) is 6.40. The van der Waals surface area contributed by atoms with E-state index < -0.39 is 0 Å². The highest BCUT2D eigenvalue weighted by Gasteiger charge is 2.17. The Labute approximate surface area is 104 Å². The molecule has 4 heteroatoms. The molecule has 0 amide bonds. The SMILES string of the molecule is CCCC(OC)C(N)Cc1ccn(C(C)C)n1. The lowest BCUT2D eigenvalue weighted by atomic mass is 10.0. The third-order valence-electron chi connectivity index (χ3n) is 2.99. The third kappa shape index (κ3) is 4.13. The van der Waals surface area contributed by atoms with Crippen molar-refractivity contribution in [2.45, 2.75) is 58.2 Å². The molecule has 1 rings (SSSR count). The highest BCUT2D eigenvalue weighted by molar-refractivity contribution is 5.02. The number of ether oxygens (including phenoxy) is 1. The van der Waals surface area contributed by atoms with Gasteiger partial charge >= 0.3 is 0 Å². The molecule has 1 aromatic heterocycles.